The highest BCUT2D eigenvalue weighted by Gasteiger charge is 2.07. The molecule has 0 radical (unpaired) electrons. The zero-order valence-electron chi connectivity index (χ0n) is 15.3. The second-order valence-corrected chi connectivity index (χ2v) is 7.17. The fraction of sp³-hybridized carbons (Fsp3) is 0.333. The maximum atomic E-state index is 12.3. The Labute approximate surface area is 167 Å². The first-order valence-electron chi connectivity index (χ1n) is 8.21. The summed E-state index contributed by atoms with van der Waals surface area (Å²) >= 11 is 5.70. The number of ether oxygens (including phenoxy) is 1. The summed E-state index contributed by atoms with van der Waals surface area (Å²) in [4.78, 5) is 0.497. The molecule has 0 saturated heterocycles. The molecule has 2 aromatic rings. The standard InChI is InChI=1S/C18H22F2N4OS2/c1-12-10-14(13(2)24(12)8-9-25-3)11-21-23-18(26)22-15-4-6-16(7-5-15)27-17(19)20/h4-7,10-11,17H,8-9H2,1-3H3,(H2,22,23,26)/b21-11-. The average molecular weight is 413 g/mol. The van der Waals surface area contributed by atoms with Crippen molar-refractivity contribution in [2.75, 3.05) is 19.0 Å². The van der Waals surface area contributed by atoms with Gasteiger partial charge in [-0.15, -0.1) is 0 Å². The number of benzene rings is 1. The summed E-state index contributed by atoms with van der Waals surface area (Å²) in [6, 6.07) is 8.64. The van der Waals surface area contributed by atoms with E-state index in [4.69, 9.17) is 17.0 Å². The Balaban J connectivity index is 1.90. The molecule has 0 amide bonds. The summed E-state index contributed by atoms with van der Waals surface area (Å²) in [5.41, 5.74) is 6.67. The van der Waals surface area contributed by atoms with Gasteiger partial charge in [0.15, 0.2) is 5.11 Å². The van der Waals surface area contributed by atoms with Crippen LogP contribution in [0.25, 0.3) is 0 Å². The molecule has 0 unspecified atom stereocenters. The third kappa shape index (κ3) is 6.60. The highest BCUT2D eigenvalue weighted by molar-refractivity contribution is 7.99. The van der Waals surface area contributed by atoms with Crippen LogP contribution in [0, 0.1) is 13.8 Å². The number of thioether (sulfide) groups is 1. The molecule has 0 aliphatic heterocycles. The third-order valence-electron chi connectivity index (χ3n) is 3.84. The molecule has 5 nitrogen and oxygen atoms in total. The minimum Gasteiger partial charge on any atom is -0.383 e. The van der Waals surface area contributed by atoms with E-state index in [-0.39, 0.29) is 0 Å². The summed E-state index contributed by atoms with van der Waals surface area (Å²) in [7, 11) is 1.68. The summed E-state index contributed by atoms with van der Waals surface area (Å²) in [6.07, 6.45) is 1.71. The van der Waals surface area contributed by atoms with Crippen LogP contribution in [-0.4, -0.2) is 35.4 Å². The topological polar surface area (TPSA) is 50.6 Å². The molecule has 1 aromatic carbocycles. The van der Waals surface area contributed by atoms with Crippen LogP contribution < -0.4 is 10.7 Å². The number of hydrogen-bond donors (Lipinski definition) is 2. The second kappa shape index (κ2) is 10.4. The van der Waals surface area contributed by atoms with Crippen LogP contribution in [0.4, 0.5) is 14.5 Å². The number of thiocarbonyl (C=S) groups is 1. The zero-order chi connectivity index (χ0) is 19.8. The van der Waals surface area contributed by atoms with E-state index in [1.54, 1.807) is 37.6 Å². The summed E-state index contributed by atoms with van der Waals surface area (Å²) in [5.74, 6) is -2.43. The van der Waals surface area contributed by atoms with Crippen molar-refractivity contribution in [3.05, 3.63) is 47.3 Å². The van der Waals surface area contributed by atoms with Gasteiger partial charge in [0.2, 0.25) is 0 Å². The van der Waals surface area contributed by atoms with Crippen molar-refractivity contribution >= 4 is 41.0 Å². The van der Waals surface area contributed by atoms with Gasteiger partial charge in [0, 0.05) is 41.2 Å². The van der Waals surface area contributed by atoms with E-state index in [2.05, 4.69) is 20.4 Å². The second-order valence-electron chi connectivity index (χ2n) is 5.70. The number of aryl methyl sites for hydroxylation is 1. The molecule has 0 aliphatic carbocycles. The van der Waals surface area contributed by atoms with Gasteiger partial charge in [-0.1, -0.05) is 11.8 Å². The quantitative estimate of drug-likeness (QED) is 0.292. The summed E-state index contributed by atoms with van der Waals surface area (Å²) < 4.78 is 31.9. The predicted molar refractivity (Wildman–Crippen MR) is 111 cm³/mol. The van der Waals surface area contributed by atoms with Crippen LogP contribution in [0.2, 0.25) is 0 Å². The average Bonchev–Trinajstić information content (AvgIpc) is 2.88. The van der Waals surface area contributed by atoms with Gasteiger partial charge in [-0.05, 0) is 56.4 Å². The minimum atomic E-state index is -2.43. The SMILES string of the molecule is COCCn1c(C)cc(/C=N\NC(=S)Nc2ccc(SC(F)F)cc2)c1C. The predicted octanol–water partition coefficient (Wildman–Crippen LogP) is 4.39. The van der Waals surface area contributed by atoms with E-state index in [9.17, 15) is 8.78 Å². The Hall–Kier alpha value is -1.97. The number of halogens is 2. The van der Waals surface area contributed by atoms with Gasteiger partial charge in [0.05, 0.1) is 12.8 Å². The smallest absolute Gasteiger partial charge is 0.288 e. The van der Waals surface area contributed by atoms with Gasteiger partial charge in [-0.25, -0.2) is 0 Å². The van der Waals surface area contributed by atoms with E-state index in [1.165, 1.54) is 0 Å². The lowest BCUT2D eigenvalue weighted by atomic mass is 10.3. The van der Waals surface area contributed by atoms with Gasteiger partial charge in [0.25, 0.3) is 5.76 Å². The van der Waals surface area contributed by atoms with E-state index in [0.717, 1.165) is 23.5 Å². The van der Waals surface area contributed by atoms with Crippen molar-refractivity contribution < 1.29 is 13.5 Å². The van der Waals surface area contributed by atoms with Gasteiger partial charge in [0.1, 0.15) is 0 Å². The molecular weight excluding hydrogens is 390 g/mol. The van der Waals surface area contributed by atoms with Crippen molar-refractivity contribution in [3.63, 3.8) is 0 Å². The molecule has 1 aromatic heterocycles. The van der Waals surface area contributed by atoms with Crippen molar-refractivity contribution in [1.82, 2.24) is 9.99 Å². The largest absolute Gasteiger partial charge is 0.383 e. The van der Waals surface area contributed by atoms with Crippen LogP contribution in [0.15, 0.2) is 40.3 Å². The molecule has 146 valence electrons. The Morgan fingerprint density at radius 3 is 2.67 bits per heavy atom. The van der Waals surface area contributed by atoms with Gasteiger partial charge < -0.3 is 14.6 Å². The molecule has 0 bridgehead atoms. The number of methoxy groups -OCH3 is 1. The Morgan fingerprint density at radius 2 is 2.04 bits per heavy atom. The molecule has 1 heterocycles. The highest BCUT2D eigenvalue weighted by Crippen LogP contribution is 2.26. The van der Waals surface area contributed by atoms with Gasteiger partial charge in [-0.3, -0.25) is 5.43 Å². The van der Waals surface area contributed by atoms with E-state index in [1.807, 2.05) is 19.9 Å². The lowest BCUT2D eigenvalue weighted by Gasteiger charge is -2.08. The number of nitrogens with one attached hydrogen (secondary N) is 2. The fourth-order valence-corrected chi connectivity index (χ4v) is 3.19. The van der Waals surface area contributed by atoms with Crippen LogP contribution in [-0.2, 0) is 11.3 Å². The fourth-order valence-electron chi connectivity index (χ4n) is 2.52. The summed E-state index contributed by atoms with van der Waals surface area (Å²) in [5, 5.41) is 7.43. The van der Waals surface area contributed by atoms with Crippen molar-refractivity contribution in [2.45, 2.75) is 31.0 Å². The lowest BCUT2D eigenvalue weighted by Crippen LogP contribution is -2.23. The third-order valence-corrected chi connectivity index (χ3v) is 4.75. The monoisotopic (exact) mass is 412 g/mol. The lowest BCUT2D eigenvalue weighted by molar-refractivity contribution is 0.186. The van der Waals surface area contributed by atoms with Crippen LogP contribution in [0.3, 0.4) is 0 Å². The van der Waals surface area contributed by atoms with Crippen molar-refractivity contribution in [1.29, 1.82) is 0 Å². The highest BCUT2D eigenvalue weighted by atomic mass is 32.2. The Bertz CT molecular complexity index is 791. The van der Waals surface area contributed by atoms with E-state index >= 15 is 0 Å². The first-order chi connectivity index (χ1) is 12.9. The molecule has 2 N–H and O–H groups in total. The molecule has 0 atom stereocenters. The summed E-state index contributed by atoms with van der Waals surface area (Å²) in [6.45, 7) is 5.50. The number of rotatable bonds is 8. The number of aromatic nitrogens is 1. The van der Waals surface area contributed by atoms with Crippen molar-refractivity contribution in [3.8, 4) is 0 Å². The van der Waals surface area contributed by atoms with E-state index < -0.39 is 5.76 Å². The molecule has 0 aliphatic rings. The molecule has 27 heavy (non-hydrogen) atoms. The van der Waals surface area contributed by atoms with Gasteiger partial charge >= 0.3 is 0 Å². The Kier molecular flexibility index (Phi) is 8.21. The molecule has 9 heteroatoms. The maximum absolute atomic E-state index is 12.3. The molecule has 0 fully saturated rings. The minimum absolute atomic E-state index is 0.314. The normalized spacial score (nSPS) is 11.3. The molecule has 0 spiro atoms. The molecule has 0 saturated carbocycles. The number of nitrogens with zero attached hydrogens (tertiary/aromatic N) is 2. The molecular formula is C18H22F2N4OS2. The number of anilines is 1. The molecule has 2 rings (SSSR count). The first kappa shape index (κ1) is 21.3. The number of alkyl halides is 2. The Morgan fingerprint density at radius 1 is 1.33 bits per heavy atom. The first-order valence-corrected chi connectivity index (χ1v) is 9.50. The van der Waals surface area contributed by atoms with E-state index in [0.29, 0.717) is 34.1 Å². The zero-order valence-corrected chi connectivity index (χ0v) is 17.0. The van der Waals surface area contributed by atoms with Crippen LogP contribution in [0.1, 0.15) is 17.0 Å². The number of hydrogen-bond acceptors (Lipinski definition) is 4. The van der Waals surface area contributed by atoms with Gasteiger partial charge in [-0.2, -0.15) is 13.9 Å². The van der Waals surface area contributed by atoms with Crippen LogP contribution in [0.5, 0.6) is 0 Å². The van der Waals surface area contributed by atoms with Crippen molar-refractivity contribution in [2.24, 2.45) is 5.10 Å². The van der Waals surface area contributed by atoms with Crippen LogP contribution >= 0.6 is 24.0 Å². The number of hydrazone groups is 1. The maximum Gasteiger partial charge on any atom is 0.288 e.